The SMILES string of the molecule is COC[C@@H]1CCCN1S(=NC(C)(C)CC(C)(C)C)(=NS(=O)(=O)c1ccc([N+](=O)[O-])cc1)c1ccc(F)cc1. The van der Waals surface area contributed by atoms with Crippen molar-refractivity contribution in [3.05, 3.63) is 64.5 Å². The van der Waals surface area contributed by atoms with Crippen LogP contribution in [0.2, 0.25) is 0 Å². The lowest BCUT2D eigenvalue weighted by atomic mass is 9.82. The van der Waals surface area contributed by atoms with E-state index in [1.807, 2.05) is 18.2 Å². The molecule has 0 N–H and O–H groups in total. The van der Waals surface area contributed by atoms with Crippen molar-refractivity contribution in [3.63, 3.8) is 0 Å². The van der Waals surface area contributed by atoms with E-state index in [9.17, 15) is 22.9 Å². The van der Waals surface area contributed by atoms with Crippen LogP contribution in [0.1, 0.15) is 53.9 Å². The van der Waals surface area contributed by atoms with Crippen molar-refractivity contribution in [1.29, 1.82) is 0 Å². The summed E-state index contributed by atoms with van der Waals surface area (Å²) in [7, 11) is -5.74. The van der Waals surface area contributed by atoms with Gasteiger partial charge in [-0.15, -0.1) is 3.77 Å². The summed E-state index contributed by atoms with van der Waals surface area (Å²) < 4.78 is 59.1. The number of benzene rings is 2. The van der Waals surface area contributed by atoms with E-state index >= 15 is 0 Å². The zero-order valence-corrected chi connectivity index (χ0v) is 24.4. The van der Waals surface area contributed by atoms with Crippen LogP contribution >= 0.6 is 0 Å². The number of nitro benzene ring substituents is 1. The van der Waals surface area contributed by atoms with Gasteiger partial charge in [0.25, 0.3) is 15.7 Å². The number of hydrogen-bond donors (Lipinski definition) is 0. The quantitative estimate of drug-likeness (QED) is 0.261. The number of methoxy groups -OCH3 is 1. The third-order valence-electron chi connectivity index (χ3n) is 6.02. The minimum atomic E-state index is -4.34. The molecule has 210 valence electrons. The van der Waals surface area contributed by atoms with E-state index in [1.54, 1.807) is 19.2 Å². The molecular weight excluding hydrogens is 531 g/mol. The predicted molar refractivity (Wildman–Crippen MR) is 147 cm³/mol. The molecule has 38 heavy (non-hydrogen) atoms. The zero-order chi connectivity index (χ0) is 28.4. The molecule has 1 aliphatic heterocycles. The van der Waals surface area contributed by atoms with Crippen LogP contribution < -0.4 is 0 Å². The Labute approximate surface area is 225 Å². The van der Waals surface area contributed by atoms with Crippen LogP contribution in [0.5, 0.6) is 0 Å². The van der Waals surface area contributed by atoms with Gasteiger partial charge in [-0.3, -0.25) is 10.1 Å². The number of nitro groups is 1. The summed E-state index contributed by atoms with van der Waals surface area (Å²) in [5.41, 5.74) is -1.04. The molecule has 0 radical (unpaired) electrons. The molecule has 0 aromatic heterocycles. The molecule has 2 aromatic rings. The standard InChI is InChI=1S/C26H37FN4O5S2/c1-25(2,3)19-26(4,5)28-37(23-13-9-20(27)10-14-23,30-17-7-8-22(30)18-36-6)29-38(34,35)24-15-11-21(12-16-24)31(32)33/h9-16,22H,7-8,17-19H2,1-6H3/t22-,37?/m0/s1. The molecule has 0 bridgehead atoms. The summed E-state index contributed by atoms with van der Waals surface area (Å²) >= 11 is 0. The number of rotatable bonds is 9. The summed E-state index contributed by atoms with van der Waals surface area (Å²) in [6, 6.07) is 10.2. The van der Waals surface area contributed by atoms with Gasteiger partial charge in [0.2, 0.25) is 0 Å². The summed E-state index contributed by atoms with van der Waals surface area (Å²) in [5, 5.41) is 11.1. The third kappa shape index (κ3) is 7.16. The van der Waals surface area contributed by atoms with E-state index in [-0.39, 0.29) is 22.0 Å². The third-order valence-corrected chi connectivity index (χ3v) is 11.3. The van der Waals surface area contributed by atoms with Crippen LogP contribution in [0.3, 0.4) is 0 Å². The van der Waals surface area contributed by atoms with Crippen molar-refractivity contribution in [2.75, 3.05) is 20.3 Å². The second-order valence-corrected chi connectivity index (χ2v) is 15.5. The number of ether oxygens (including phenoxy) is 1. The number of hydrogen-bond acceptors (Lipinski definition) is 6. The summed E-state index contributed by atoms with van der Waals surface area (Å²) in [5.74, 6) is -0.455. The Bertz CT molecular complexity index is 1380. The van der Waals surface area contributed by atoms with Crippen LogP contribution in [0.15, 0.2) is 66.5 Å². The minimum absolute atomic E-state index is 0.116. The molecule has 1 fully saturated rings. The van der Waals surface area contributed by atoms with Gasteiger partial charge in [0.15, 0.2) is 0 Å². The van der Waals surface area contributed by atoms with Crippen molar-refractivity contribution in [2.45, 2.75) is 75.3 Å². The number of non-ortho nitro benzene ring substituents is 1. The first-order valence-corrected chi connectivity index (χ1v) is 15.4. The molecule has 0 amide bonds. The molecule has 1 heterocycles. The highest BCUT2D eigenvalue weighted by atomic mass is 32.3. The molecule has 1 saturated heterocycles. The molecule has 1 unspecified atom stereocenters. The summed E-state index contributed by atoms with van der Waals surface area (Å²) in [6.07, 6.45) is 2.21. The molecule has 2 aromatic carbocycles. The highest BCUT2D eigenvalue weighted by molar-refractivity contribution is 8.03. The first-order chi connectivity index (χ1) is 17.6. The topological polar surface area (TPSA) is 114 Å². The Balaban J connectivity index is 2.43. The van der Waals surface area contributed by atoms with Gasteiger partial charge in [0.05, 0.1) is 22.0 Å². The maximum atomic E-state index is 14.1. The maximum Gasteiger partial charge on any atom is 0.290 e. The van der Waals surface area contributed by atoms with Crippen LogP contribution in [-0.4, -0.2) is 49.5 Å². The fourth-order valence-electron chi connectivity index (χ4n) is 5.06. The molecule has 12 heteroatoms. The van der Waals surface area contributed by atoms with Crippen molar-refractivity contribution >= 4 is 25.5 Å². The number of nitrogens with zero attached hydrogens (tertiary/aromatic N) is 4. The van der Waals surface area contributed by atoms with E-state index in [2.05, 4.69) is 24.5 Å². The normalized spacial score (nSPS) is 18.7. The van der Waals surface area contributed by atoms with E-state index in [0.29, 0.717) is 24.5 Å². The van der Waals surface area contributed by atoms with Crippen LogP contribution in [-0.2, 0) is 24.6 Å². The van der Waals surface area contributed by atoms with E-state index < -0.39 is 36.1 Å². The van der Waals surface area contributed by atoms with Gasteiger partial charge in [-0.25, -0.2) is 13.1 Å². The van der Waals surface area contributed by atoms with E-state index in [0.717, 1.165) is 25.0 Å². The second kappa shape index (κ2) is 11.4. The summed E-state index contributed by atoms with van der Waals surface area (Å²) in [6.45, 7) is 11.1. The van der Waals surface area contributed by atoms with Gasteiger partial charge >= 0.3 is 0 Å². The second-order valence-electron chi connectivity index (χ2n) is 11.3. The Morgan fingerprint density at radius 2 is 1.63 bits per heavy atom. The molecule has 3 rings (SSSR count). The van der Waals surface area contributed by atoms with Crippen molar-refractivity contribution in [1.82, 2.24) is 4.31 Å². The van der Waals surface area contributed by atoms with Gasteiger partial charge in [-0.2, -0.15) is 8.42 Å². The fourth-order valence-corrected chi connectivity index (χ4v) is 10.5. The lowest BCUT2D eigenvalue weighted by Gasteiger charge is -2.36. The highest BCUT2D eigenvalue weighted by Gasteiger charge is 2.37. The van der Waals surface area contributed by atoms with Gasteiger partial charge < -0.3 is 4.74 Å². The molecular formula is C26H37FN4O5S2. The maximum absolute atomic E-state index is 14.1. The summed E-state index contributed by atoms with van der Waals surface area (Å²) in [4.78, 5) is 10.8. The van der Waals surface area contributed by atoms with Gasteiger partial charge in [0.1, 0.15) is 5.82 Å². The lowest BCUT2D eigenvalue weighted by Crippen LogP contribution is -2.40. The molecule has 0 spiro atoms. The lowest BCUT2D eigenvalue weighted by molar-refractivity contribution is -0.384. The van der Waals surface area contributed by atoms with Crippen LogP contribution in [0.25, 0.3) is 0 Å². The molecule has 1 aliphatic rings. The fraction of sp³-hybridized carbons (Fsp3) is 0.538. The average Bonchev–Trinajstić information content (AvgIpc) is 3.26. The Kier molecular flexibility index (Phi) is 9.02. The van der Waals surface area contributed by atoms with E-state index in [4.69, 9.17) is 9.10 Å². The first-order valence-electron chi connectivity index (χ1n) is 12.4. The largest absolute Gasteiger partial charge is 0.383 e. The zero-order valence-electron chi connectivity index (χ0n) is 22.8. The molecule has 2 atom stereocenters. The first kappa shape index (κ1) is 30.1. The minimum Gasteiger partial charge on any atom is -0.383 e. The molecule has 0 saturated carbocycles. The number of sulfonamides is 1. The Hall–Kier alpha value is -2.41. The predicted octanol–water partition coefficient (Wildman–Crippen LogP) is 6.24. The van der Waals surface area contributed by atoms with Crippen molar-refractivity contribution < 1.29 is 22.5 Å². The van der Waals surface area contributed by atoms with E-state index in [1.165, 1.54) is 24.3 Å². The van der Waals surface area contributed by atoms with Gasteiger partial charge in [0, 0.05) is 46.5 Å². The molecule has 9 nitrogen and oxygen atoms in total. The highest BCUT2D eigenvalue weighted by Crippen LogP contribution is 2.38. The Morgan fingerprint density at radius 3 is 2.16 bits per heavy atom. The smallest absolute Gasteiger partial charge is 0.290 e. The average molecular weight is 569 g/mol. The molecule has 0 aliphatic carbocycles. The monoisotopic (exact) mass is 568 g/mol. The van der Waals surface area contributed by atoms with Crippen molar-refractivity contribution in [2.24, 2.45) is 13.5 Å². The van der Waals surface area contributed by atoms with Crippen molar-refractivity contribution in [3.8, 4) is 0 Å². The Morgan fingerprint density at radius 1 is 1.05 bits per heavy atom. The van der Waals surface area contributed by atoms with Crippen LogP contribution in [0, 0.1) is 21.3 Å². The number of halogens is 1. The van der Waals surface area contributed by atoms with Gasteiger partial charge in [-0.1, -0.05) is 20.8 Å². The van der Waals surface area contributed by atoms with Gasteiger partial charge in [-0.05, 0) is 74.9 Å². The van der Waals surface area contributed by atoms with Crippen LogP contribution in [0.4, 0.5) is 10.1 Å².